The highest BCUT2D eigenvalue weighted by Gasteiger charge is 1.99. The molecular formula is C15H15F2NO. The molecule has 2 nitrogen and oxygen atoms in total. The van der Waals surface area contributed by atoms with Crippen LogP contribution in [0.3, 0.4) is 0 Å². The summed E-state index contributed by atoms with van der Waals surface area (Å²) < 4.78 is 31.2. The van der Waals surface area contributed by atoms with Crippen LogP contribution in [0.25, 0.3) is 0 Å². The Morgan fingerprint density at radius 2 is 1.79 bits per heavy atom. The highest BCUT2D eigenvalue weighted by molar-refractivity contribution is 5.42. The van der Waals surface area contributed by atoms with Gasteiger partial charge in [-0.3, -0.25) is 0 Å². The van der Waals surface area contributed by atoms with Crippen LogP contribution >= 0.6 is 0 Å². The van der Waals surface area contributed by atoms with E-state index in [9.17, 15) is 8.78 Å². The molecule has 0 amide bonds. The van der Waals surface area contributed by atoms with Crippen molar-refractivity contribution in [3.63, 3.8) is 0 Å². The van der Waals surface area contributed by atoms with E-state index in [4.69, 9.17) is 4.74 Å². The Labute approximate surface area is 111 Å². The second-order valence-corrected chi connectivity index (χ2v) is 4.19. The zero-order valence-electron chi connectivity index (χ0n) is 10.6. The number of hydrogen-bond acceptors (Lipinski definition) is 2. The van der Waals surface area contributed by atoms with Gasteiger partial charge in [-0.25, -0.2) is 8.78 Å². The number of benzene rings is 2. The topological polar surface area (TPSA) is 21.3 Å². The van der Waals surface area contributed by atoms with Gasteiger partial charge in [0.2, 0.25) is 0 Å². The van der Waals surface area contributed by atoms with Crippen molar-refractivity contribution in [2.45, 2.75) is 6.92 Å². The van der Waals surface area contributed by atoms with Crippen LogP contribution in [-0.2, 0) is 0 Å². The lowest BCUT2D eigenvalue weighted by atomic mass is 10.2. The quantitative estimate of drug-likeness (QED) is 0.829. The number of aryl methyl sites for hydroxylation is 1. The van der Waals surface area contributed by atoms with E-state index in [1.807, 2.05) is 0 Å². The lowest BCUT2D eigenvalue weighted by Crippen LogP contribution is -2.11. The van der Waals surface area contributed by atoms with E-state index in [-0.39, 0.29) is 11.6 Å². The van der Waals surface area contributed by atoms with Crippen molar-refractivity contribution in [1.29, 1.82) is 0 Å². The van der Waals surface area contributed by atoms with Gasteiger partial charge in [-0.15, -0.1) is 0 Å². The Bertz CT molecular complexity index is 540. The standard InChI is InChI=1S/C15H15F2NO/c1-11-10-14(6-7-15(11)17)19-9-8-18-13-4-2-12(16)3-5-13/h2-7,10,18H,8-9H2,1H3. The lowest BCUT2D eigenvalue weighted by molar-refractivity contribution is 0.332. The minimum Gasteiger partial charge on any atom is -0.492 e. The summed E-state index contributed by atoms with van der Waals surface area (Å²) in [4.78, 5) is 0. The van der Waals surface area contributed by atoms with Gasteiger partial charge in [0.25, 0.3) is 0 Å². The summed E-state index contributed by atoms with van der Waals surface area (Å²) in [6.45, 7) is 2.73. The van der Waals surface area contributed by atoms with E-state index >= 15 is 0 Å². The molecule has 19 heavy (non-hydrogen) atoms. The van der Waals surface area contributed by atoms with Crippen molar-refractivity contribution in [3.05, 3.63) is 59.7 Å². The van der Waals surface area contributed by atoms with Gasteiger partial charge in [0, 0.05) is 12.2 Å². The summed E-state index contributed by atoms with van der Waals surface area (Å²) in [6, 6.07) is 10.8. The van der Waals surface area contributed by atoms with Crippen LogP contribution in [-0.4, -0.2) is 13.2 Å². The first-order valence-corrected chi connectivity index (χ1v) is 6.03. The summed E-state index contributed by atoms with van der Waals surface area (Å²) in [5, 5.41) is 3.10. The van der Waals surface area contributed by atoms with Gasteiger partial charge in [-0.1, -0.05) is 0 Å². The van der Waals surface area contributed by atoms with Gasteiger partial charge >= 0.3 is 0 Å². The number of nitrogens with one attached hydrogen (secondary N) is 1. The van der Waals surface area contributed by atoms with Gasteiger partial charge in [-0.05, 0) is 55.0 Å². The molecule has 2 aromatic rings. The van der Waals surface area contributed by atoms with E-state index in [2.05, 4.69) is 5.32 Å². The maximum absolute atomic E-state index is 13.0. The normalized spacial score (nSPS) is 10.3. The Morgan fingerprint density at radius 1 is 1.05 bits per heavy atom. The maximum Gasteiger partial charge on any atom is 0.126 e. The Kier molecular flexibility index (Phi) is 4.34. The summed E-state index contributed by atoms with van der Waals surface area (Å²) in [6.07, 6.45) is 0. The maximum atomic E-state index is 13.0. The van der Waals surface area contributed by atoms with E-state index in [1.54, 1.807) is 31.2 Å². The fourth-order valence-electron chi connectivity index (χ4n) is 1.64. The number of ether oxygens (including phenoxy) is 1. The zero-order chi connectivity index (χ0) is 13.7. The van der Waals surface area contributed by atoms with Crippen LogP contribution < -0.4 is 10.1 Å². The SMILES string of the molecule is Cc1cc(OCCNc2ccc(F)cc2)ccc1F. The summed E-state index contributed by atoms with van der Waals surface area (Å²) in [7, 11) is 0. The molecule has 0 saturated heterocycles. The molecule has 0 radical (unpaired) electrons. The van der Waals surface area contributed by atoms with E-state index in [1.165, 1.54) is 18.2 Å². The van der Waals surface area contributed by atoms with Crippen molar-refractivity contribution in [2.75, 3.05) is 18.5 Å². The molecule has 4 heteroatoms. The molecule has 0 heterocycles. The predicted octanol–water partition coefficient (Wildman–Crippen LogP) is 3.76. The molecule has 2 aromatic carbocycles. The van der Waals surface area contributed by atoms with Crippen molar-refractivity contribution in [1.82, 2.24) is 0 Å². The Balaban J connectivity index is 1.77. The molecule has 0 aliphatic carbocycles. The van der Waals surface area contributed by atoms with E-state index < -0.39 is 0 Å². The van der Waals surface area contributed by atoms with Crippen LogP contribution in [0.2, 0.25) is 0 Å². The van der Waals surface area contributed by atoms with Crippen LogP contribution in [0, 0.1) is 18.6 Å². The molecule has 0 saturated carbocycles. The van der Waals surface area contributed by atoms with Gasteiger partial charge in [0.05, 0.1) is 0 Å². The van der Waals surface area contributed by atoms with Crippen LogP contribution in [0.15, 0.2) is 42.5 Å². The lowest BCUT2D eigenvalue weighted by Gasteiger charge is -2.09. The first-order chi connectivity index (χ1) is 9.15. The minimum atomic E-state index is -0.261. The molecule has 2 rings (SSSR count). The molecule has 0 fully saturated rings. The van der Waals surface area contributed by atoms with Crippen LogP contribution in [0.1, 0.15) is 5.56 Å². The third-order valence-corrected chi connectivity index (χ3v) is 2.67. The van der Waals surface area contributed by atoms with Gasteiger partial charge in [-0.2, -0.15) is 0 Å². The van der Waals surface area contributed by atoms with Crippen molar-refractivity contribution >= 4 is 5.69 Å². The molecule has 0 atom stereocenters. The second-order valence-electron chi connectivity index (χ2n) is 4.19. The predicted molar refractivity (Wildman–Crippen MR) is 71.5 cm³/mol. The van der Waals surface area contributed by atoms with Crippen molar-refractivity contribution < 1.29 is 13.5 Å². The second kappa shape index (κ2) is 6.18. The van der Waals surface area contributed by atoms with Gasteiger partial charge < -0.3 is 10.1 Å². The van der Waals surface area contributed by atoms with E-state index in [0.717, 1.165) is 5.69 Å². The van der Waals surface area contributed by atoms with Crippen molar-refractivity contribution in [2.24, 2.45) is 0 Å². The molecule has 0 aliphatic rings. The fourth-order valence-corrected chi connectivity index (χ4v) is 1.64. The number of rotatable bonds is 5. The Hall–Kier alpha value is -2.10. The third kappa shape index (κ3) is 3.95. The summed E-state index contributed by atoms with van der Waals surface area (Å²) in [5.74, 6) is 0.139. The first-order valence-electron chi connectivity index (χ1n) is 6.03. The van der Waals surface area contributed by atoms with Crippen molar-refractivity contribution in [3.8, 4) is 5.75 Å². The number of anilines is 1. The third-order valence-electron chi connectivity index (χ3n) is 2.67. The molecule has 0 spiro atoms. The molecule has 100 valence electrons. The van der Waals surface area contributed by atoms with E-state index in [0.29, 0.717) is 24.5 Å². The smallest absolute Gasteiger partial charge is 0.126 e. The molecular weight excluding hydrogens is 248 g/mol. The van der Waals surface area contributed by atoms with Crippen LogP contribution in [0.5, 0.6) is 5.75 Å². The van der Waals surface area contributed by atoms with Crippen LogP contribution in [0.4, 0.5) is 14.5 Å². The molecule has 1 N–H and O–H groups in total. The monoisotopic (exact) mass is 263 g/mol. The average Bonchev–Trinajstić information content (AvgIpc) is 2.41. The molecule has 0 bridgehead atoms. The largest absolute Gasteiger partial charge is 0.492 e. The fraction of sp³-hybridized carbons (Fsp3) is 0.200. The summed E-state index contributed by atoms with van der Waals surface area (Å²) in [5.41, 5.74) is 1.39. The van der Waals surface area contributed by atoms with Gasteiger partial charge in [0.1, 0.15) is 24.0 Å². The highest BCUT2D eigenvalue weighted by atomic mass is 19.1. The first kappa shape index (κ1) is 13.3. The average molecular weight is 263 g/mol. The molecule has 0 unspecified atom stereocenters. The zero-order valence-corrected chi connectivity index (χ0v) is 10.6. The molecule has 0 aliphatic heterocycles. The minimum absolute atomic E-state index is 0.239. The molecule has 0 aromatic heterocycles. The number of hydrogen-bond donors (Lipinski definition) is 1. The summed E-state index contributed by atoms with van der Waals surface area (Å²) >= 11 is 0. The number of halogens is 2. The van der Waals surface area contributed by atoms with Gasteiger partial charge in [0.15, 0.2) is 0 Å². The Morgan fingerprint density at radius 3 is 2.47 bits per heavy atom. The highest BCUT2D eigenvalue weighted by Crippen LogP contribution is 2.15.